The van der Waals surface area contributed by atoms with Crippen LogP contribution in [0.4, 0.5) is 0 Å². The fourth-order valence-electron chi connectivity index (χ4n) is 2.67. The Labute approximate surface area is 209 Å². The third-order valence-corrected chi connectivity index (χ3v) is 4.58. The van der Waals surface area contributed by atoms with Crippen LogP contribution in [0.2, 0.25) is 4.73 Å². The summed E-state index contributed by atoms with van der Waals surface area (Å²) < 4.78 is 1.37. The van der Waals surface area contributed by atoms with E-state index in [1.807, 2.05) is 0 Å². The molecule has 188 valence electrons. The van der Waals surface area contributed by atoms with Gasteiger partial charge in [0.25, 0.3) is 0 Å². The summed E-state index contributed by atoms with van der Waals surface area (Å²) in [6.07, 6.45) is 22.3. The Hall–Kier alpha value is 0.594. The molecule has 0 spiro atoms. The third-order valence-electron chi connectivity index (χ3n) is 4.03. The van der Waals surface area contributed by atoms with Gasteiger partial charge in [-0.05, 0) is 0 Å². The van der Waals surface area contributed by atoms with Crippen LogP contribution in [0, 0.1) is 0 Å². The first-order valence-corrected chi connectivity index (χ1v) is 14.3. The van der Waals surface area contributed by atoms with Crippen LogP contribution in [-0.2, 0) is 20.4 Å². The molecule has 0 aromatic carbocycles. The predicted octanol–water partition coefficient (Wildman–Crippen LogP) is 6.48. The third kappa shape index (κ3) is 90.8. The van der Waals surface area contributed by atoms with Crippen molar-refractivity contribution in [3.05, 3.63) is 0 Å². The van der Waals surface area contributed by atoms with Crippen molar-refractivity contribution >= 4 is 0 Å². The van der Waals surface area contributed by atoms with Gasteiger partial charge in [0.2, 0.25) is 0 Å². The average Bonchev–Trinajstić information content (AvgIpc) is 2.63. The maximum absolute atomic E-state index is 9.53. The number of hydrogen-bond donors (Lipinski definition) is 0. The van der Waals surface area contributed by atoms with Gasteiger partial charge in [0.1, 0.15) is 0 Å². The second-order valence-electron chi connectivity index (χ2n) is 9.20. The summed E-state index contributed by atoms with van der Waals surface area (Å²) in [5, 5.41) is 28.6. The number of hydrogen-bond acceptors (Lipinski definition) is 3. The Morgan fingerprint density at radius 1 is 0.419 bits per heavy atom. The van der Waals surface area contributed by atoms with Crippen molar-refractivity contribution in [3.63, 3.8) is 0 Å². The molecule has 0 aliphatic heterocycles. The van der Waals surface area contributed by atoms with Crippen molar-refractivity contribution in [2.75, 3.05) is 0 Å². The van der Waals surface area contributed by atoms with E-state index in [0.29, 0.717) is 0 Å². The second-order valence-corrected chi connectivity index (χ2v) is 9.98. The van der Waals surface area contributed by atoms with Crippen molar-refractivity contribution in [2.24, 2.45) is 0 Å². The minimum absolute atomic E-state index is 0.417. The molecule has 0 radical (unpaired) electrons. The molecular weight excluding hydrogens is 420 g/mol. The van der Waals surface area contributed by atoms with Gasteiger partial charge in [-0.3, -0.25) is 0 Å². The Bertz CT molecular complexity index is 220. The predicted molar refractivity (Wildman–Crippen MR) is 130 cm³/mol. The quantitative estimate of drug-likeness (QED) is 0.188. The standard InChI is InChI=1S/C18H37.3C3H7O.Ti/c1-3-5-7-9-11-13-15-17-18-16-14-12-10-8-6-4-2;3*1-3(2)4;/h1,3-18H2,2H3;3*3H,1-2H3;/q;3*-1;+3. The Morgan fingerprint density at radius 2 is 0.581 bits per heavy atom. The Morgan fingerprint density at radius 3 is 0.742 bits per heavy atom. The molecule has 0 atom stereocenters. The molecule has 0 aliphatic carbocycles. The molecule has 0 aliphatic rings. The van der Waals surface area contributed by atoms with Crippen LogP contribution in [0.25, 0.3) is 0 Å². The van der Waals surface area contributed by atoms with Crippen molar-refractivity contribution in [2.45, 2.75) is 174 Å². The van der Waals surface area contributed by atoms with Crippen LogP contribution in [0.15, 0.2) is 0 Å². The fraction of sp³-hybridized carbons (Fsp3) is 1.00. The maximum atomic E-state index is 9.53. The molecule has 0 saturated carbocycles. The van der Waals surface area contributed by atoms with Gasteiger partial charge in [-0.1, -0.05) is 80.6 Å². The molecule has 0 heterocycles. The first kappa shape index (κ1) is 38.8. The van der Waals surface area contributed by atoms with E-state index in [9.17, 15) is 15.3 Å². The Balaban J connectivity index is -0.000000247. The Kier molecular flexibility index (Phi) is 47.5. The van der Waals surface area contributed by atoms with Crippen LogP contribution < -0.4 is 15.3 Å². The van der Waals surface area contributed by atoms with Gasteiger partial charge < -0.3 is 15.3 Å². The molecule has 0 saturated heterocycles. The summed E-state index contributed by atoms with van der Waals surface area (Å²) in [5.74, 6) is 0. The van der Waals surface area contributed by atoms with E-state index in [-0.39, 0.29) is 0 Å². The van der Waals surface area contributed by atoms with Gasteiger partial charge in [0, 0.05) is 0 Å². The van der Waals surface area contributed by atoms with Gasteiger partial charge in [-0.25, -0.2) is 0 Å². The van der Waals surface area contributed by atoms with Crippen LogP contribution >= 0.6 is 0 Å². The molecule has 0 N–H and O–H groups in total. The first-order chi connectivity index (χ1) is 14.6. The van der Waals surface area contributed by atoms with E-state index >= 15 is 0 Å². The topological polar surface area (TPSA) is 69.2 Å². The molecule has 0 unspecified atom stereocenters. The van der Waals surface area contributed by atoms with E-state index in [1.54, 1.807) is 41.5 Å². The molecule has 0 rings (SSSR count). The summed E-state index contributed by atoms with van der Waals surface area (Å²) in [6, 6.07) is 0. The van der Waals surface area contributed by atoms with E-state index in [1.165, 1.54) is 107 Å². The molecule has 4 heteroatoms. The van der Waals surface area contributed by atoms with Crippen molar-refractivity contribution in [3.8, 4) is 0 Å². The zero-order chi connectivity index (χ0) is 24.8. The van der Waals surface area contributed by atoms with Crippen LogP contribution in [-0.4, -0.2) is 18.3 Å². The summed E-state index contributed by atoms with van der Waals surface area (Å²) >= 11 is 2.30. The van der Waals surface area contributed by atoms with Crippen LogP contribution in [0.3, 0.4) is 0 Å². The summed E-state index contributed by atoms with van der Waals surface area (Å²) in [5.41, 5.74) is 0. The minimum atomic E-state index is -0.417. The van der Waals surface area contributed by atoms with E-state index in [4.69, 9.17) is 0 Å². The normalized spacial score (nSPS) is 10.3. The molecule has 0 aromatic heterocycles. The summed E-state index contributed by atoms with van der Waals surface area (Å²) in [6.45, 7) is 12.0. The van der Waals surface area contributed by atoms with Crippen molar-refractivity contribution < 1.29 is 35.8 Å². The number of rotatable bonds is 16. The molecule has 0 bridgehead atoms. The van der Waals surface area contributed by atoms with Gasteiger partial charge in [-0.2, -0.15) is 0 Å². The van der Waals surface area contributed by atoms with Crippen molar-refractivity contribution in [1.82, 2.24) is 0 Å². The van der Waals surface area contributed by atoms with E-state index < -0.39 is 18.3 Å². The molecular formula is C27H58O3Ti. The van der Waals surface area contributed by atoms with Crippen molar-refractivity contribution in [1.29, 1.82) is 0 Å². The van der Waals surface area contributed by atoms with Gasteiger partial charge in [0.15, 0.2) is 0 Å². The SMILES string of the molecule is CC(C)[O-].CC(C)[O-].CC(C)[O-].CCCCCCCCCCCCCCCCC[CH2][Ti+3]. The summed E-state index contributed by atoms with van der Waals surface area (Å²) in [7, 11) is 0. The van der Waals surface area contributed by atoms with E-state index in [0.717, 1.165) is 0 Å². The van der Waals surface area contributed by atoms with Gasteiger partial charge >= 0.3 is 95.8 Å². The van der Waals surface area contributed by atoms with Crippen LogP contribution in [0.5, 0.6) is 0 Å². The van der Waals surface area contributed by atoms with Crippen LogP contribution in [0.1, 0.15) is 151 Å². The molecule has 31 heavy (non-hydrogen) atoms. The zero-order valence-corrected chi connectivity index (χ0v) is 24.0. The average molecular weight is 479 g/mol. The molecule has 0 fully saturated rings. The summed E-state index contributed by atoms with van der Waals surface area (Å²) in [4.78, 5) is 0. The molecule has 0 amide bonds. The van der Waals surface area contributed by atoms with Gasteiger partial charge in [-0.15, -0.1) is 18.3 Å². The number of unbranched alkanes of at least 4 members (excludes halogenated alkanes) is 15. The fourth-order valence-corrected chi connectivity index (χ4v) is 3.06. The molecule has 3 nitrogen and oxygen atoms in total. The first-order valence-electron chi connectivity index (χ1n) is 13.2. The molecule has 0 aromatic rings. The van der Waals surface area contributed by atoms with E-state index in [2.05, 4.69) is 27.4 Å². The second kappa shape index (κ2) is 37.9. The van der Waals surface area contributed by atoms with Gasteiger partial charge in [0.05, 0.1) is 0 Å². The monoisotopic (exact) mass is 478 g/mol. The zero-order valence-electron chi connectivity index (χ0n) is 22.5.